The zero-order valence-corrected chi connectivity index (χ0v) is 16.7. The average molecular weight is 426 g/mol. The number of carboxylic acid groups (broad SMARTS) is 1. The number of carbonyl (C=O) groups excluding carboxylic acids is 2. The summed E-state index contributed by atoms with van der Waals surface area (Å²) in [7, 11) is 0. The van der Waals surface area contributed by atoms with E-state index in [-0.39, 0.29) is 24.7 Å². The highest BCUT2D eigenvalue weighted by Gasteiger charge is 2.10. The molecule has 11 nitrogen and oxygen atoms in total. The Morgan fingerprint density at radius 2 is 1.39 bits per heavy atom. The third-order valence-electron chi connectivity index (χ3n) is 3.04. The van der Waals surface area contributed by atoms with Crippen molar-refractivity contribution in [3.8, 4) is 0 Å². The van der Waals surface area contributed by atoms with Gasteiger partial charge in [0.2, 0.25) is 11.8 Å². The van der Waals surface area contributed by atoms with Crippen molar-refractivity contribution in [2.45, 2.75) is 12.5 Å². The molecular formula is C16H31N3O8S. The topological polar surface area (TPSA) is 172 Å². The number of ether oxygens (including phenoxy) is 4. The first kappa shape index (κ1) is 26.6. The summed E-state index contributed by atoms with van der Waals surface area (Å²) in [6, 6.07) is -0.747. The quantitative estimate of drug-likeness (QED) is 0.163. The Morgan fingerprint density at radius 3 is 1.89 bits per heavy atom. The summed E-state index contributed by atoms with van der Waals surface area (Å²) in [4.78, 5) is 32.5. The van der Waals surface area contributed by atoms with Gasteiger partial charge in [-0.25, -0.2) is 0 Å². The minimum Gasteiger partial charge on any atom is -0.481 e. The number of hydrogen-bond donors (Lipinski definition) is 4. The summed E-state index contributed by atoms with van der Waals surface area (Å²) in [5, 5.41) is 11.1. The fourth-order valence-electron chi connectivity index (χ4n) is 1.60. The zero-order chi connectivity index (χ0) is 21.0. The maximum Gasteiger partial charge on any atom is 0.305 e. The second-order valence-corrected chi connectivity index (χ2v) is 6.50. The average Bonchev–Trinajstić information content (AvgIpc) is 2.64. The van der Waals surface area contributed by atoms with Crippen LogP contribution in [0.25, 0.3) is 0 Å². The lowest BCUT2D eigenvalue weighted by Gasteiger charge is -2.09. The van der Waals surface area contributed by atoms with Crippen LogP contribution in [-0.4, -0.2) is 99.8 Å². The molecule has 0 rings (SSSR count). The van der Waals surface area contributed by atoms with Gasteiger partial charge in [-0.1, -0.05) is 0 Å². The van der Waals surface area contributed by atoms with Gasteiger partial charge < -0.3 is 40.8 Å². The summed E-state index contributed by atoms with van der Waals surface area (Å²) >= 11 is 1.24. The molecule has 28 heavy (non-hydrogen) atoms. The number of amides is 2. The number of aliphatic carboxylic acids is 1. The minimum absolute atomic E-state index is 0.0165. The molecule has 0 fully saturated rings. The molecule has 0 aromatic carbocycles. The lowest BCUT2D eigenvalue weighted by Crippen LogP contribution is -2.39. The smallest absolute Gasteiger partial charge is 0.305 e. The molecule has 0 heterocycles. The highest BCUT2D eigenvalue weighted by atomic mass is 32.2. The number of carbonyl (C=O) groups is 3. The van der Waals surface area contributed by atoms with Crippen molar-refractivity contribution < 1.29 is 38.4 Å². The van der Waals surface area contributed by atoms with Crippen LogP contribution in [0.1, 0.15) is 6.42 Å². The van der Waals surface area contributed by atoms with Gasteiger partial charge in [0.25, 0.3) is 0 Å². The molecule has 2 amide bonds. The molecule has 0 unspecified atom stereocenters. The third-order valence-corrected chi connectivity index (χ3v) is 4.10. The summed E-state index contributed by atoms with van der Waals surface area (Å²) in [5.74, 6) is -1.13. The molecule has 0 aliphatic rings. The molecule has 0 bridgehead atoms. The fraction of sp³-hybridized carbons (Fsp3) is 0.812. The summed E-state index contributed by atoms with van der Waals surface area (Å²) < 4.78 is 20.9. The lowest BCUT2D eigenvalue weighted by molar-refractivity contribution is -0.138. The first-order chi connectivity index (χ1) is 13.4. The molecule has 164 valence electrons. The van der Waals surface area contributed by atoms with E-state index in [1.807, 2.05) is 0 Å². The predicted molar refractivity (Wildman–Crippen MR) is 103 cm³/mol. The summed E-state index contributed by atoms with van der Waals surface area (Å²) in [6.45, 7) is 3.29. The van der Waals surface area contributed by atoms with Crippen molar-refractivity contribution in [2.24, 2.45) is 11.5 Å². The van der Waals surface area contributed by atoms with Gasteiger partial charge in [0.1, 0.15) is 0 Å². The number of primary amides is 1. The van der Waals surface area contributed by atoms with E-state index in [2.05, 4.69) is 5.32 Å². The Balaban J connectivity index is 3.22. The highest BCUT2D eigenvalue weighted by molar-refractivity contribution is 8.00. The standard InChI is InChI=1S/C16H31N3O8S/c17-13(16(18)23)11-28-12-14(20)19-2-4-25-6-8-27-10-9-26-7-5-24-3-1-15(21)22/h13H,1-12,17H2,(H2,18,23)(H,19,20)(H,21,22)/t13-/m1/s1. The second-order valence-electron chi connectivity index (χ2n) is 5.47. The van der Waals surface area contributed by atoms with Crippen molar-refractivity contribution in [2.75, 3.05) is 70.9 Å². The predicted octanol–water partition coefficient (Wildman–Crippen LogP) is -1.81. The number of hydrogen-bond acceptors (Lipinski definition) is 9. The summed E-state index contributed by atoms with van der Waals surface area (Å²) in [5.41, 5.74) is 10.5. The van der Waals surface area contributed by atoms with E-state index in [9.17, 15) is 14.4 Å². The summed E-state index contributed by atoms with van der Waals surface area (Å²) in [6.07, 6.45) is -0.0165. The molecule has 0 aromatic heterocycles. The van der Waals surface area contributed by atoms with Gasteiger partial charge in [-0.15, -0.1) is 11.8 Å². The van der Waals surface area contributed by atoms with Crippen LogP contribution in [0.15, 0.2) is 0 Å². The number of rotatable bonds is 20. The number of carboxylic acids is 1. The molecule has 12 heteroatoms. The van der Waals surface area contributed by atoms with Crippen molar-refractivity contribution in [3.05, 3.63) is 0 Å². The van der Waals surface area contributed by atoms with Gasteiger partial charge in [0.05, 0.1) is 71.1 Å². The van der Waals surface area contributed by atoms with Crippen LogP contribution in [-0.2, 0) is 33.3 Å². The third kappa shape index (κ3) is 19.3. The van der Waals surface area contributed by atoms with Crippen LogP contribution < -0.4 is 16.8 Å². The van der Waals surface area contributed by atoms with Crippen LogP contribution in [0, 0.1) is 0 Å². The monoisotopic (exact) mass is 425 g/mol. The van der Waals surface area contributed by atoms with E-state index in [0.29, 0.717) is 58.5 Å². The fourth-order valence-corrected chi connectivity index (χ4v) is 2.42. The molecule has 0 saturated heterocycles. The van der Waals surface area contributed by atoms with Crippen LogP contribution in [0.3, 0.4) is 0 Å². The van der Waals surface area contributed by atoms with E-state index in [4.69, 9.17) is 35.5 Å². The SMILES string of the molecule is NC(=O)[C@H](N)CSCC(=O)NCCOCCOCCOCCOCCC(=O)O. The molecule has 6 N–H and O–H groups in total. The molecule has 1 atom stereocenters. The first-order valence-corrected chi connectivity index (χ1v) is 10.0. The molecule has 0 saturated carbocycles. The van der Waals surface area contributed by atoms with Crippen LogP contribution >= 0.6 is 11.8 Å². The number of nitrogens with two attached hydrogens (primary N) is 2. The molecule has 0 aliphatic heterocycles. The highest BCUT2D eigenvalue weighted by Crippen LogP contribution is 2.00. The van der Waals surface area contributed by atoms with E-state index in [1.165, 1.54) is 11.8 Å². The van der Waals surface area contributed by atoms with Crippen molar-refractivity contribution in [3.63, 3.8) is 0 Å². The molecular weight excluding hydrogens is 394 g/mol. The van der Waals surface area contributed by atoms with Gasteiger partial charge in [-0.05, 0) is 0 Å². The molecule has 0 aromatic rings. The Bertz CT molecular complexity index is 442. The zero-order valence-electron chi connectivity index (χ0n) is 15.9. The van der Waals surface area contributed by atoms with Crippen molar-refractivity contribution in [1.29, 1.82) is 0 Å². The maximum absolute atomic E-state index is 11.5. The normalized spacial score (nSPS) is 11.9. The second kappa shape index (κ2) is 18.9. The van der Waals surface area contributed by atoms with E-state index in [0.717, 1.165) is 0 Å². The maximum atomic E-state index is 11.5. The van der Waals surface area contributed by atoms with E-state index < -0.39 is 17.9 Å². The van der Waals surface area contributed by atoms with Gasteiger partial charge >= 0.3 is 5.97 Å². The Hall–Kier alpha value is -1.44. The first-order valence-electron chi connectivity index (χ1n) is 8.85. The Kier molecular flexibility index (Phi) is 17.9. The molecule has 0 radical (unpaired) electrons. The van der Waals surface area contributed by atoms with Gasteiger partial charge in [-0.2, -0.15) is 0 Å². The van der Waals surface area contributed by atoms with Crippen molar-refractivity contribution >= 4 is 29.5 Å². The molecule has 0 aliphatic carbocycles. The van der Waals surface area contributed by atoms with Crippen molar-refractivity contribution in [1.82, 2.24) is 5.32 Å². The van der Waals surface area contributed by atoms with E-state index >= 15 is 0 Å². The van der Waals surface area contributed by atoms with Crippen LogP contribution in [0.2, 0.25) is 0 Å². The van der Waals surface area contributed by atoms with Gasteiger partial charge in [0.15, 0.2) is 0 Å². The van der Waals surface area contributed by atoms with Gasteiger partial charge in [-0.3, -0.25) is 14.4 Å². The minimum atomic E-state index is -0.889. The Labute approximate surface area is 168 Å². The number of nitrogens with one attached hydrogen (secondary N) is 1. The van der Waals surface area contributed by atoms with E-state index in [1.54, 1.807) is 0 Å². The van der Waals surface area contributed by atoms with Crippen LogP contribution in [0.4, 0.5) is 0 Å². The lowest BCUT2D eigenvalue weighted by atomic mass is 10.3. The van der Waals surface area contributed by atoms with Gasteiger partial charge in [0, 0.05) is 12.3 Å². The number of thioether (sulfide) groups is 1. The largest absolute Gasteiger partial charge is 0.481 e. The molecule has 0 spiro atoms. The van der Waals surface area contributed by atoms with Crippen LogP contribution in [0.5, 0.6) is 0 Å². The Morgan fingerprint density at radius 1 is 0.893 bits per heavy atom.